The van der Waals surface area contributed by atoms with Gasteiger partial charge in [-0.1, -0.05) is 30.3 Å². The summed E-state index contributed by atoms with van der Waals surface area (Å²) in [5.74, 6) is 0. The molecule has 1 aliphatic rings. The van der Waals surface area contributed by atoms with Gasteiger partial charge in [-0.05, 0) is 68.9 Å². The van der Waals surface area contributed by atoms with Gasteiger partial charge in [0, 0.05) is 0 Å². The second-order valence-electron chi connectivity index (χ2n) is 7.04. The van der Waals surface area contributed by atoms with Gasteiger partial charge in [0.1, 0.15) is 0 Å². The van der Waals surface area contributed by atoms with E-state index in [2.05, 4.69) is 71.9 Å². The average Bonchev–Trinajstić information content (AvgIpc) is 2.63. The third kappa shape index (κ3) is 2.45. The molecule has 3 N–H and O–H groups in total. The SMILES string of the molecule is Cc1cc(B2OC(C)(C)C(C)(C)O2)c2ccccc2c1C.N. The first-order valence-corrected chi connectivity index (χ1v) is 7.57. The number of aryl methyl sites for hydroxylation is 2. The third-order valence-corrected chi connectivity index (χ3v) is 5.11. The van der Waals surface area contributed by atoms with Gasteiger partial charge in [0.15, 0.2) is 0 Å². The molecule has 0 bridgehead atoms. The summed E-state index contributed by atoms with van der Waals surface area (Å²) in [5, 5.41) is 2.50. The molecule has 4 heteroatoms. The molecule has 0 saturated carbocycles. The summed E-state index contributed by atoms with van der Waals surface area (Å²) >= 11 is 0. The van der Waals surface area contributed by atoms with E-state index in [0.717, 1.165) is 5.46 Å². The summed E-state index contributed by atoms with van der Waals surface area (Å²) < 4.78 is 12.5. The van der Waals surface area contributed by atoms with E-state index < -0.39 is 0 Å². The minimum Gasteiger partial charge on any atom is -0.399 e. The molecular formula is C18H26BNO2. The first kappa shape index (κ1) is 17.0. The minimum absolute atomic E-state index is 0. The van der Waals surface area contributed by atoms with Crippen molar-refractivity contribution in [1.29, 1.82) is 0 Å². The maximum Gasteiger partial charge on any atom is 0.495 e. The summed E-state index contributed by atoms with van der Waals surface area (Å²) in [6.07, 6.45) is 0. The van der Waals surface area contributed by atoms with Crippen molar-refractivity contribution in [3.63, 3.8) is 0 Å². The number of hydrogen-bond donors (Lipinski definition) is 1. The van der Waals surface area contributed by atoms with Crippen LogP contribution in [0.3, 0.4) is 0 Å². The standard InChI is InChI=1S/C18H23BO2.H3N/c1-12-11-16(15-10-8-7-9-14(15)13(12)2)19-20-17(3,4)18(5,6)21-19;/h7-11H,1-6H3;1H3. The maximum atomic E-state index is 6.23. The van der Waals surface area contributed by atoms with Crippen molar-refractivity contribution in [2.45, 2.75) is 52.7 Å². The Hall–Kier alpha value is -1.36. The molecule has 0 amide bonds. The van der Waals surface area contributed by atoms with Crippen LogP contribution in [0.4, 0.5) is 0 Å². The molecule has 0 aliphatic carbocycles. The lowest BCUT2D eigenvalue weighted by atomic mass is 9.74. The van der Waals surface area contributed by atoms with Crippen LogP contribution in [-0.4, -0.2) is 18.3 Å². The van der Waals surface area contributed by atoms with E-state index in [-0.39, 0.29) is 24.5 Å². The van der Waals surface area contributed by atoms with Gasteiger partial charge in [-0.3, -0.25) is 0 Å². The van der Waals surface area contributed by atoms with Crippen LogP contribution in [0.15, 0.2) is 30.3 Å². The van der Waals surface area contributed by atoms with E-state index >= 15 is 0 Å². The Morgan fingerprint density at radius 1 is 0.864 bits per heavy atom. The van der Waals surface area contributed by atoms with Gasteiger partial charge >= 0.3 is 7.12 Å². The van der Waals surface area contributed by atoms with Crippen molar-refractivity contribution in [2.24, 2.45) is 0 Å². The van der Waals surface area contributed by atoms with Crippen molar-refractivity contribution in [3.8, 4) is 0 Å². The molecule has 0 unspecified atom stereocenters. The molecular weight excluding hydrogens is 273 g/mol. The summed E-state index contributed by atoms with van der Waals surface area (Å²) in [6.45, 7) is 12.7. The van der Waals surface area contributed by atoms with Crippen molar-refractivity contribution >= 4 is 23.4 Å². The van der Waals surface area contributed by atoms with Crippen LogP contribution in [0.5, 0.6) is 0 Å². The Morgan fingerprint density at radius 2 is 1.36 bits per heavy atom. The van der Waals surface area contributed by atoms with Crippen molar-refractivity contribution in [1.82, 2.24) is 6.15 Å². The molecule has 118 valence electrons. The number of rotatable bonds is 1. The van der Waals surface area contributed by atoms with Crippen molar-refractivity contribution in [3.05, 3.63) is 41.5 Å². The molecule has 1 saturated heterocycles. The highest BCUT2D eigenvalue weighted by Gasteiger charge is 2.52. The van der Waals surface area contributed by atoms with Gasteiger partial charge in [-0.2, -0.15) is 0 Å². The zero-order valence-corrected chi connectivity index (χ0v) is 14.5. The fourth-order valence-corrected chi connectivity index (χ4v) is 2.86. The zero-order valence-electron chi connectivity index (χ0n) is 14.5. The molecule has 2 aromatic carbocycles. The van der Waals surface area contributed by atoms with Crippen LogP contribution in [-0.2, 0) is 9.31 Å². The smallest absolute Gasteiger partial charge is 0.399 e. The lowest BCUT2D eigenvalue weighted by Gasteiger charge is -2.32. The second-order valence-corrected chi connectivity index (χ2v) is 7.04. The van der Waals surface area contributed by atoms with Gasteiger partial charge in [0.25, 0.3) is 0 Å². The van der Waals surface area contributed by atoms with Crippen molar-refractivity contribution in [2.75, 3.05) is 0 Å². The second kappa shape index (κ2) is 5.37. The zero-order chi connectivity index (χ0) is 15.4. The molecule has 22 heavy (non-hydrogen) atoms. The molecule has 1 heterocycles. The number of hydrogen-bond acceptors (Lipinski definition) is 3. The van der Waals surface area contributed by atoms with Gasteiger partial charge in [0.2, 0.25) is 0 Å². The fraction of sp³-hybridized carbons (Fsp3) is 0.444. The Bertz CT molecular complexity index is 694. The highest BCUT2D eigenvalue weighted by atomic mass is 16.7. The topological polar surface area (TPSA) is 53.5 Å². The Morgan fingerprint density at radius 3 is 1.91 bits per heavy atom. The van der Waals surface area contributed by atoms with E-state index in [1.165, 1.54) is 21.9 Å². The first-order chi connectivity index (χ1) is 9.73. The highest BCUT2D eigenvalue weighted by molar-refractivity contribution is 6.65. The first-order valence-electron chi connectivity index (χ1n) is 7.57. The Labute approximate surface area is 133 Å². The van der Waals surface area contributed by atoms with E-state index in [0.29, 0.717) is 0 Å². The summed E-state index contributed by atoms with van der Waals surface area (Å²) in [5.41, 5.74) is 3.12. The van der Waals surface area contributed by atoms with Gasteiger partial charge in [-0.25, -0.2) is 0 Å². The van der Waals surface area contributed by atoms with Crippen LogP contribution in [0, 0.1) is 13.8 Å². The molecule has 1 fully saturated rings. The molecule has 2 aromatic rings. The van der Waals surface area contributed by atoms with Crippen molar-refractivity contribution < 1.29 is 9.31 Å². The molecule has 0 spiro atoms. The van der Waals surface area contributed by atoms with E-state index in [9.17, 15) is 0 Å². The lowest BCUT2D eigenvalue weighted by Crippen LogP contribution is -2.41. The predicted molar refractivity (Wildman–Crippen MR) is 94.2 cm³/mol. The predicted octanol–water partition coefficient (Wildman–Crippen LogP) is 3.92. The van der Waals surface area contributed by atoms with Gasteiger partial charge < -0.3 is 15.5 Å². The van der Waals surface area contributed by atoms with Gasteiger partial charge in [-0.15, -0.1) is 0 Å². The Balaban J connectivity index is 0.00000176. The molecule has 1 aliphatic heterocycles. The van der Waals surface area contributed by atoms with Crippen LogP contribution < -0.4 is 11.6 Å². The summed E-state index contributed by atoms with van der Waals surface area (Å²) in [7, 11) is -0.306. The fourth-order valence-electron chi connectivity index (χ4n) is 2.86. The summed E-state index contributed by atoms with van der Waals surface area (Å²) in [6, 6.07) is 10.7. The molecule has 3 rings (SSSR count). The van der Waals surface area contributed by atoms with Crippen LogP contribution in [0.25, 0.3) is 10.8 Å². The largest absolute Gasteiger partial charge is 0.495 e. The highest BCUT2D eigenvalue weighted by Crippen LogP contribution is 2.37. The average molecular weight is 299 g/mol. The molecule has 0 aromatic heterocycles. The molecule has 0 atom stereocenters. The maximum absolute atomic E-state index is 6.23. The third-order valence-electron chi connectivity index (χ3n) is 5.11. The van der Waals surface area contributed by atoms with Crippen LogP contribution in [0.1, 0.15) is 38.8 Å². The van der Waals surface area contributed by atoms with E-state index in [1.54, 1.807) is 0 Å². The quantitative estimate of drug-likeness (QED) is 0.812. The van der Waals surface area contributed by atoms with E-state index in [4.69, 9.17) is 9.31 Å². The summed E-state index contributed by atoms with van der Waals surface area (Å²) in [4.78, 5) is 0. The monoisotopic (exact) mass is 299 g/mol. The normalized spacial score (nSPS) is 19.3. The number of fused-ring (bicyclic) bond motifs is 1. The van der Waals surface area contributed by atoms with Gasteiger partial charge in [0.05, 0.1) is 11.2 Å². The minimum atomic E-state index is -0.308. The van der Waals surface area contributed by atoms with Crippen LogP contribution in [0.2, 0.25) is 0 Å². The van der Waals surface area contributed by atoms with E-state index in [1.807, 2.05) is 0 Å². The number of benzene rings is 2. The van der Waals surface area contributed by atoms with Crippen LogP contribution >= 0.6 is 0 Å². The molecule has 0 radical (unpaired) electrons. The Kier molecular flexibility index (Phi) is 4.15. The lowest BCUT2D eigenvalue weighted by molar-refractivity contribution is 0.00578. The molecule has 3 nitrogen and oxygen atoms in total.